The van der Waals surface area contributed by atoms with Gasteiger partial charge in [-0.3, -0.25) is 4.98 Å². The molecule has 1 N–H and O–H groups in total. The van der Waals surface area contributed by atoms with Crippen molar-refractivity contribution in [2.45, 2.75) is 6.92 Å². The summed E-state index contributed by atoms with van der Waals surface area (Å²) in [6.07, 6.45) is 3.42. The lowest BCUT2D eigenvalue weighted by Crippen LogP contribution is -2.03. The van der Waals surface area contributed by atoms with Gasteiger partial charge in [0.15, 0.2) is 0 Å². The molecule has 0 aliphatic carbocycles. The van der Waals surface area contributed by atoms with E-state index in [0.29, 0.717) is 11.3 Å². The highest BCUT2D eigenvalue weighted by Gasteiger charge is 2.20. The van der Waals surface area contributed by atoms with Crippen molar-refractivity contribution in [1.82, 2.24) is 9.55 Å². The van der Waals surface area contributed by atoms with Crippen LogP contribution >= 0.6 is 0 Å². The van der Waals surface area contributed by atoms with Crippen molar-refractivity contribution in [3.63, 3.8) is 0 Å². The summed E-state index contributed by atoms with van der Waals surface area (Å²) in [5.74, 6) is -0.931. The number of aromatic nitrogens is 2. The minimum absolute atomic E-state index is 0.294. The van der Waals surface area contributed by atoms with Crippen LogP contribution in [0.1, 0.15) is 16.1 Å². The monoisotopic (exact) mass is 278 g/mol. The summed E-state index contributed by atoms with van der Waals surface area (Å²) < 4.78 is 1.92. The Morgan fingerprint density at radius 3 is 2.52 bits per heavy atom. The number of carbonyl (C=O) groups is 1. The van der Waals surface area contributed by atoms with Crippen LogP contribution in [0.3, 0.4) is 0 Å². The predicted molar refractivity (Wildman–Crippen MR) is 80.7 cm³/mol. The fourth-order valence-electron chi connectivity index (χ4n) is 2.50. The number of benzene rings is 1. The highest BCUT2D eigenvalue weighted by molar-refractivity contribution is 5.96. The fourth-order valence-corrected chi connectivity index (χ4v) is 2.50. The Bertz CT molecular complexity index is 777. The topological polar surface area (TPSA) is 55.1 Å². The molecule has 0 aliphatic heterocycles. The summed E-state index contributed by atoms with van der Waals surface area (Å²) in [5, 5.41) is 9.48. The van der Waals surface area contributed by atoms with Gasteiger partial charge in [0.25, 0.3) is 0 Å². The second kappa shape index (κ2) is 5.25. The lowest BCUT2D eigenvalue weighted by atomic mass is 10.1. The number of hydrogen-bond acceptors (Lipinski definition) is 2. The van der Waals surface area contributed by atoms with Crippen LogP contribution in [0, 0.1) is 6.92 Å². The van der Waals surface area contributed by atoms with Gasteiger partial charge in [-0.1, -0.05) is 30.3 Å². The molecule has 0 aliphatic rings. The van der Waals surface area contributed by atoms with Crippen molar-refractivity contribution in [1.29, 1.82) is 0 Å². The second-order valence-electron chi connectivity index (χ2n) is 4.77. The minimum atomic E-state index is -0.931. The largest absolute Gasteiger partial charge is 0.478 e. The molecule has 3 rings (SSSR count). The van der Waals surface area contributed by atoms with Gasteiger partial charge in [0.1, 0.15) is 0 Å². The molecule has 0 saturated heterocycles. The molecule has 0 fully saturated rings. The number of pyridine rings is 1. The molecule has 3 aromatic rings. The van der Waals surface area contributed by atoms with Gasteiger partial charge in [-0.2, -0.15) is 0 Å². The quantitative estimate of drug-likeness (QED) is 0.797. The third-order valence-corrected chi connectivity index (χ3v) is 3.37. The first-order valence-electron chi connectivity index (χ1n) is 6.60. The van der Waals surface area contributed by atoms with E-state index in [-0.39, 0.29) is 0 Å². The Kier molecular flexibility index (Phi) is 3.28. The third-order valence-electron chi connectivity index (χ3n) is 3.37. The Hall–Kier alpha value is -2.88. The first kappa shape index (κ1) is 13.1. The van der Waals surface area contributed by atoms with Crippen LogP contribution < -0.4 is 0 Å². The van der Waals surface area contributed by atoms with E-state index < -0.39 is 5.97 Å². The Morgan fingerprint density at radius 2 is 1.90 bits per heavy atom. The first-order valence-corrected chi connectivity index (χ1v) is 6.60. The molecule has 2 heterocycles. The highest BCUT2D eigenvalue weighted by atomic mass is 16.4. The van der Waals surface area contributed by atoms with Gasteiger partial charge in [-0.25, -0.2) is 4.79 Å². The Balaban J connectivity index is 2.32. The van der Waals surface area contributed by atoms with Gasteiger partial charge < -0.3 is 9.67 Å². The SMILES string of the molecule is Cc1cc(C(=O)O)c(-c2ccccc2)n1-c1cccnc1. The van der Waals surface area contributed by atoms with Crippen molar-refractivity contribution >= 4 is 5.97 Å². The van der Waals surface area contributed by atoms with Crippen molar-refractivity contribution in [2.75, 3.05) is 0 Å². The summed E-state index contributed by atoms with van der Waals surface area (Å²) in [5.41, 5.74) is 3.55. The van der Waals surface area contributed by atoms with Gasteiger partial charge in [0.2, 0.25) is 0 Å². The molecule has 0 amide bonds. The third kappa shape index (κ3) is 2.31. The van der Waals surface area contributed by atoms with Crippen LogP contribution in [0.5, 0.6) is 0 Å². The molecule has 0 unspecified atom stereocenters. The van der Waals surface area contributed by atoms with Gasteiger partial charge in [-0.05, 0) is 30.7 Å². The van der Waals surface area contributed by atoms with Gasteiger partial charge in [-0.15, -0.1) is 0 Å². The lowest BCUT2D eigenvalue weighted by molar-refractivity contribution is 0.0698. The number of nitrogens with zero attached hydrogens (tertiary/aromatic N) is 2. The Morgan fingerprint density at radius 1 is 1.14 bits per heavy atom. The van der Waals surface area contributed by atoms with Crippen LogP contribution in [0.15, 0.2) is 60.9 Å². The van der Waals surface area contributed by atoms with Crippen LogP contribution in [-0.4, -0.2) is 20.6 Å². The van der Waals surface area contributed by atoms with Crippen molar-refractivity contribution in [2.24, 2.45) is 0 Å². The molecule has 0 bridgehead atoms. The van der Waals surface area contributed by atoms with Crippen LogP contribution in [0.4, 0.5) is 0 Å². The normalized spacial score (nSPS) is 10.5. The summed E-state index contributed by atoms with van der Waals surface area (Å²) in [7, 11) is 0. The summed E-state index contributed by atoms with van der Waals surface area (Å²) in [6, 6.07) is 15.0. The molecule has 4 nitrogen and oxygen atoms in total. The zero-order valence-electron chi connectivity index (χ0n) is 11.5. The molecule has 0 spiro atoms. The molecule has 0 radical (unpaired) electrons. The smallest absolute Gasteiger partial charge is 0.337 e. The van der Waals surface area contributed by atoms with Crippen LogP contribution in [-0.2, 0) is 0 Å². The zero-order valence-corrected chi connectivity index (χ0v) is 11.5. The minimum Gasteiger partial charge on any atom is -0.478 e. The predicted octanol–water partition coefficient (Wildman–Crippen LogP) is 3.55. The van der Waals surface area contributed by atoms with E-state index in [1.165, 1.54) is 0 Å². The van der Waals surface area contributed by atoms with E-state index in [1.54, 1.807) is 18.5 Å². The van der Waals surface area contributed by atoms with E-state index in [4.69, 9.17) is 0 Å². The molecule has 1 aromatic carbocycles. The summed E-state index contributed by atoms with van der Waals surface area (Å²) in [4.78, 5) is 15.7. The van der Waals surface area contributed by atoms with Crippen LogP contribution in [0.25, 0.3) is 16.9 Å². The van der Waals surface area contributed by atoms with Gasteiger partial charge in [0, 0.05) is 11.9 Å². The van der Waals surface area contributed by atoms with Crippen LogP contribution in [0.2, 0.25) is 0 Å². The van der Waals surface area contributed by atoms with Gasteiger partial charge >= 0.3 is 5.97 Å². The summed E-state index contributed by atoms with van der Waals surface area (Å²) in [6.45, 7) is 1.89. The number of aryl methyl sites for hydroxylation is 1. The van der Waals surface area contributed by atoms with E-state index in [1.807, 2.05) is 54.0 Å². The first-order chi connectivity index (χ1) is 10.2. The second-order valence-corrected chi connectivity index (χ2v) is 4.77. The standard InChI is InChI=1S/C17H14N2O2/c1-12-10-15(17(20)21)16(13-6-3-2-4-7-13)19(12)14-8-5-9-18-11-14/h2-11H,1H3,(H,20,21). The molecular weight excluding hydrogens is 264 g/mol. The van der Waals surface area contributed by atoms with E-state index in [9.17, 15) is 9.90 Å². The number of aromatic carboxylic acids is 1. The van der Waals surface area contributed by atoms with E-state index in [0.717, 1.165) is 16.9 Å². The molecule has 0 saturated carbocycles. The maximum atomic E-state index is 11.6. The molecule has 4 heteroatoms. The number of hydrogen-bond donors (Lipinski definition) is 1. The van der Waals surface area contributed by atoms with Crippen molar-refractivity contribution < 1.29 is 9.90 Å². The number of carboxylic acids is 1. The average molecular weight is 278 g/mol. The Labute approximate surface area is 122 Å². The van der Waals surface area contributed by atoms with Gasteiger partial charge in [0.05, 0.1) is 23.1 Å². The lowest BCUT2D eigenvalue weighted by Gasteiger charge is -2.12. The zero-order chi connectivity index (χ0) is 14.8. The van der Waals surface area contributed by atoms with Crippen molar-refractivity contribution in [3.05, 3.63) is 72.2 Å². The molecule has 2 aromatic heterocycles. The molecule has 104 valence electrons. The number of rotatable bonds is 3. The van der Waals surface area contributed by atoms with Crippen molar-refractivity contribution in [3.8, 4) is 16.9 Å². The van der Waals surface area contributed by atoms with E-state index >= 15 is 0 Å². The highest BCUT2D eigenvalue weighted by Crippen LogP contribution is 2.30. The number of carboxylic acid groups (broad SMARTS) is 1. The van der Waals surface area contributed by atoms with E-state index in [2.05, 4.69) is 4.98 Å². The molecule has 0 atom stereocenters. The average Bonchev–Trinajstić information content (AvgIpc) is 2.87. The molecule has 21 heavy (non-hydrogen) atoms. The molecular formula is C17H14N2O2. The maximum absolute atomic E-state index is 11.6. The maximum Gasteiger partial charge on any atom is 0.337 e. The summed E-state index contributed by atoms with van der Waals surface area (Å²) >= 11 is 0. The fraction of sp³-hybridized carbons (Fsp3) is 0.0588.